The van der Waals surface area contributed by atoms with Gasteiger partial charge in [-0.15, -0.1) is 0 Å². The Bertz CT molecular complexity index is 577. The van der Waals surface area contributed by atoms with Gasteiger partial charge in [0.1, 0.15) is 11.5 Å². The van der Waals surface area contributed by atoms with Gasteiger partial charge in [0.25, 0.3) is 0 Å². The monoisotopic (exact) mass is 256 g/mol. The molecule has 0 atom stereocenters. The summed E-state index contributed by atoms with van der Waals surface area (Å²) >= 11 is 0. The lowest BCUT2D eigenvalue weighted by atomic mass is 9.97. The summed E-state index contributed by atoms with van der Waals surface area (Å²) in [7, 11) is 0. The van der Waals surface area contributed by atoms with E-state index in [0.717, 1.165) is 40.7 Å². The van der Waals surface area contributed by atoms with Crippen molar-refractivity contribution in [3.63, 3.8) is 0 Å². The molecule has 2 aromatic rings. The Kier molecular flexibility index (Phi) is 3.79. The lowest BCUT2D eigenvalue weighted by molar-refractivity contribution is 0.466. The molecule has 0 bridgehead atoms. The molecule has 0 aliphatic rings. The summed E-state index contributed by atoms with van der Waals surface area (Å²) in [5, 5.41) is 19.6. The van der Waals surface area contributed by atoms with Crippen molar-refractivity contribution in [1.82, 2.24) is 0 Å². The number of benzene rings is 2. The van der Waals surface area contributed by atoms with Gasteiger partial charge >= 0.3 is 0 Å². The van der Waals surface area contributed by atoms with E-state index in [0.29, 0.717) is 11.5 Å². The number of phenolic OH excluding ortho intramolecular Hbond substituents is 2. The average Bonchev–Trinajstić information content (AvgIpc) is 2.38. The van der Waals surface area contributed by atoms with Crippen LogP contribution in [0, 0.1) is 13.8 Å². The van der Waals surface area contributed by atoms with Crippen LogP contribution in [-0.2, 0) is 6.42 Å². The zero-order chi connectivity index (χ0) is 14.0. The maximum atomic E-state index is 9.83. The molecular formula is C17H20O2. The molecular weight excluding hydrogens is 236 g/mol. The Labute approximate surface area is 114 Å². The topological polar surface area (TPSA) is 40.5 Å². The zero-order valence-electron chi connectivity index (χ0n) is 11.7. The molecule has 2 aromatic carbocycles. The van der Waals surface area contributed by atoms with E-state index in [4.69, 9.17) is 0 Å². The normalized spacial score (nSPS) is 10.7. The number of rotatable bonds is 3. The van der Waals surface area contributed by atoms with Gasteiger partial charge in [0, 0.05) is 0 Å². The molecule has 2 rings (SSSR count). The van der Waals surface area contributed by atoms with E-state index in [9.17, 15) is 10.2 Å². The number of aromatic hydroxyl groups is 2. The van der Waals surface area contributed by atoms with Crippen molar-refractivity contribution in [3.8, 4) is 22.6 Å². The summed E-state index contributed by atoms with van der Waals surface area (Å²) in [4.78, 5) is 0. The maximum Gasteiger partial charge on any atom is 0.121 e. The van der Waals surface area contributed by atoms with E-state index in [1.54, 1.807) is 6.07 Å². The van der Waals surface area contributed by atoms with Gasteiger partial charge in [-0.05, 0) is 72.4 Å². The molecule has 0 spiro atoms. The molecule has 0 aliphatic carbocycles. The van der Waals surface area contributed by atoms with E-state index >= 15 is 0 Å². The minimum atomic E-state index is 0.358. The van der Waals surface area contributed by atoms with Crippen LogP contribution in [0.2, 0.25) is 0 Å². The molecule has 2 nitrogen and oxygen atoms in total. The standard InChI is InChI=1S/C17H20O2/c1-4-5-14-10-13(6-7-16(14)18)15-8-11(2)17(19)12(3)9-15/h6-10,18-19H,4-5H2,1-3H3. The first-order chi connectivity index (χ1) is 9.02. The highest BCUT2D eigenvalue weighted by Gasteiger charge is 2.07. The van der Waals surface area contributed by atoms with Gasteiger partial charge in [-0.25, -0.2) is 0 Å². The second-order valence-corrected chi connectivity index (χ2v) is 5.05. The molecule has 0 saturated carbocycles. The molecule has 0 amide bonds. The van der Waals surface area contributed by atoms with Gasteiger partial charge in [0.05, 0.1) is 0 Å². The van der Waals surface area contributed by atoms with Crippen molar-refractivity contribution < 1.29 is 10.2 Å². The van der Waals surface area contributed by atoms with Crippen molar-refractivity contribution in [3.05, 3.63) is 47.0 Å². The highest BCUT2D eigenvalue weighted by Crippen LogP contribution is 2.31. The van der Waals surface area contributed by atoms with Crippen molar-refractivity contribution in [2.75, 3.05) is 0 Å². The van der Waals surface area contributed by atoms with E-state index in [2.05, 4.69) is 6.92 Å². The predicted octanol–water partition coefficient (Wildman–Crippen LogP) is 4.33. The average molecular weight is 256 g/mol. The summed E-state index contributed by atoms with van der Waals surface area (Å²) in [6.45, 7) is 5.90. The molecule has 0 aliphatic heterocycles. The SMILES string of the molecule is CCCc1cc(-c2cc(C)c(O)c(C)c2)ccc1O. The number of hydrogen-bond donors (Lipinski definition) is 2. The molecule has 0 radical (unpaired) electrons. The summed E-state index contributed by atoms with van der Waals surface area (Å²) in [6, 6.07) is 9.65. The first-order valence-corrected chi connectivity index (χ1v) is 6.65. The van der Waals surface area contributed by atoms with E-state index in [1.165, 1.54) is 0 Å². The Morgan fingerprint density at radius 3 is 2.11 bits per heavy atom. The van der Waals surface area contributed by atoms with E-state index < -0.39 is 0 Å². The van der Waals surface area contributed by atoms with Crippen LogP contribution in [-0.4, -0.2) is 10.2 Å². The predicted molar refractivity (Wildman–Crippen MR) is 78.7 cm³/mol. The van der Waals surface area contributed by atoms with Crippen molar-refractivity contribution in [1.29, 1.82) is 0 Å². The Hall–Kier alpha value is -1.96. The summed E-state index contributed by atoms with van der Waals surface area (Å²) in [5.41, 5.74) is 4.88. The second-order valence-electron chi connectivity index (χ2n) is 5.05. The van der Waals surface area contributed by atoms with Crippen LogP contribution in [0.25, 0.3) is 11.1 Å². The molecule has 2 N–H and O–H groups in total. The largest absolute Gasteiger partial charge is 0.508 e. The van der Waals surface area contributed by atoms with Crippen LogP contribution < -0.4 is 0 Å². The quantitative estimate of drug-likeness (QED) is 0.858. The summed E-state index contributed by atoms with van der Waals surface area (Å²) < 4.78 is 0. The lowest BCUT2D eigenvalue weighted by Gasteiger charge is -2.10. The molecule has 0 fully saturated rings. The Balaban J connectivity index is 2.50. The zero-order valence-corrected chi connectivity index (χ0v) is 11.7. The highest BCUT2D eigenvalue weighted by atomic mass is 16.3. The van der Waals surface area contributed by atoms with Crippen molar-refractivity contribution >= 4 is 0 Å². The van der Waals surface area contributed by atoms with Gasteiger partial charge in [-0.1, -0.05) is 19.4 Å². The maximum absolute atomic E-state index is 9.83. The van der Waals surface area contributed by atoms with Gasteiger partial charge < -0.3 is 10.2 Å². The van der Waals surface area contributed by atoms with Crippen LogP contribution >= 0.6 is 0 Å². The molecule has 100 valence electrons. The van der Waals surface area contributed by atoms with Crippen LogP contribution in [0.15, 0.2) is 30.3 Å². The summed E-state index contributed by atoms with van der Waals surface area (Å²) in [5.74, 6) is 0.717. The molecule has 0 aromatic heterocycles. The van der Waals surface area contributed by atoms with Crippen molar-refractivity contribution in [2.45, 2.75) is 33.6 Å². The van der Waals surface area contributed by atoms with Gasteiger partial charge in [-0.3, -0.25) is 0 Å². The van der Waals surface area contributed by atoms with Gasteiger partial charge in [-0.2, -0.15) is 0 Å². The Morgan fingerprint density at radius 2 is 1.53 bits per heavy atom. The first-order valence-electron chi connectivity index (χ1n) is 6.65. The van der Waals surface area contributed by atoms with E-state index in [-0.39, 0.29) is 0 Å². The van der Waals surface area contributed by atoms with Gasteiger partial charge in [0.15, 0.2) is 0 Å². The number of phenols is 2. The first kappa shape index (κ1) is 13.5. The van der Waals surface area contributed by atoms with Crippen LogP contribution in [0.3, 0.4) is 0 Å². The summed E-state index contributed by atoms with van der Waals surface area (Å²) in [6.07, 6.45) is 1.88. The molecule has 0 heterocycles. The lowest BCUT2D eigenvalue weighted by Crippen LogP contribution is -1.88. The molecule has 0 saturated heterocycles. The van der Waals surface area contributed by atoms with Crippen molar-refractivity contribution in [2.24, 2.45) is 0 Å². The van der Waals surface area contributed by atoms with Gasteiger partial charge in [0.2, 0.25) is 0 Å². The third-order valence-corrected chi connectivity index (χ3v) is 3.42. The third-order valence-electron chi connectivity index (χ3n) is 3.42. The molecule has 2 heteroatoms. The molecule has 0 unspecified atom stereocenters. The number of aryl methyl sites for hydroxylation is 3. The molecule has 19 heavy (non-hydrogen) atoms. The Morgan fingerprint density at radius 1 is 0.895 bits per heavy atom. The van der Waals surface area contributed by atoms with E-state index in [1.807, 2.05) is 38.1 Å². The van der Waals surface area contributed by atoms with Crippen LogP contribution in [0.5, 0.6) is 11.5 Å². The fraction of sp³-hybridized carbons (Fsp3) is 0.294. The second kappa shape index (κ2) is 5.35. The minimum Gasteiger partial charge on any atom is -0.508 e. The highest BCUT2D eigenvalue weighted by molar-refractivity contribution is 5.68. The van der Waals surface area contributed by atoms with Crippen LogP contribution in [0.1, 0.15) is 30.0 Å². The fourth-order valence-electron chi connectivity index (χ4n) is 2.36. The smallest absolute Gasteiger partial charge is 0.121 e. The minimum absolute atomic E-state index is 0.358. The third kappa shape index (κ3) is 2.73. The number of hydrogen-bond acceptors (Lipinski definition) is 2. The fourth-order valence-corrected chi connectivity index (χ4v) is 2.36. The van der Waals surface area contributed by atoms with Crippen LogP contribution in [0.4, 0.5) is 0 Å².